The molecule has 9 heavy (non-hydrogen) atoms. The second kappa shape index (κ2) is 6.04. The Balaban J connectivity index is 0. The molecule has 0 aliphatic heterocycles. The summed E-state index contributed by atoms with van der Waals surface area (Å²) in [5.41, 5.74) is 5.21. The Morgan fingerprint density at radius 2 is 2.22 bits per heavy atom. The number of nitrogens with one attached hydrogen (secondary N) is 1. The molecular formula is C5H13BrN2O. The molecule has 0 aliphatic rings. The van der Waals surface area contributed by atoms with Crippen molar-refractivity contribution < 1.29 is 4.79 Å². The highest BCUT2D eigenvalue weighted by Crippen LogP contribution is 1.71. The Kier molecular flexibility index (Phi) is 7.83. The van der Waals surface area contributed by atoms with Crippen LogP contribution >= 0.6 is 17.0 Å². The van der Waals surface area contributed by atoms with Crippen LogP contribution in [0.4, 0.5) is 0 Å². The van der Waals surface area contributed by atoms with E-state index in [-0.39, 0.29) is 28.9 Å². The summed E-state index contributed by atoms with van der Waals surface area (Å²) in [5, 5.41) is 2.58. The van der Waals surface area contributed by atoms with Crippen LogP contribution in [-0.4, -0.2) is 18.5 Å². The third-order valence-corrected chi connectivity index (χ3v) is 0.765. The Morgan fingerprint density at radius 1 is 1.78 bits per heavy atom. The van der Waals surface area contributed by atoms with E-state index in [4.69, 9.17) is 5.73 Å². The second-order valence-electron chi connectivity index (χ2n) is 1.68. The zero-order valence-corrected chi connectivity index (χ0v) is 7.39. The summed E-state index contributed by atoms with van der Waals surface area (Å²) in [6.45, 7) is 4.17. The van der Waals surface area contributed by atoms with Crippen LogP contribution in [0.3, 0.4) is 0 Å². The van der Waals surface area contributed by atoms with Gasteiger partial charge in [-0.15, -0.1) is 17.0 Å². The fourth-order valence-corrected chi connectivity index (χ4v) is 0.335. The fraction of sp³-hybridized carbons (Fsp3) is 0.800. The zero-order valence-electron chi connectivity index (χ0n) is 5.68. The van der Waals surface area contributed by atoms with E-state index in [1.54, 1.807) is 6.92 Å². The molecule has 3 N–H and O–H groups in total. The largest absolute Gasteiger partial charge is 0.355 e. The number of hydrogen-bond donors (Lipinski definition) is 2. The lowest BCUT2D eigenvalue weighted by Crippen LogP contribution is -2.37. The average Bonchev–Trinajstić information content (AvgIpc) is 1.67. The van der Waals surface area contributed by atoms with E-state index in [1.165, 1.54) is 0 Å². The maximum atomic E-state index is 10.5. The summed E-state index contributed by atoms with van der Waals surface area (Å²) in [4.78, 5) is 10.5. The number of rotatable bonds is 2. The van der Waals surface area contributed by atoms with Crippen molar-refractivity contribution in [1.82, 2.24) is 5.32 Å². The summed E-state index contributed by atoms with van der Waals surface area (Å²) >= 11 is 0. The van der Waals surface area contributed by atoms with E-state index >= 15 is 0 Å². The quantitative estimate of drug-likeness (QED) is 0.657. The first-order valence-corrected chi connectivity index (χ1v) is 2.71. The van der Waals surface area contributed by atoms with Gasteiger partial charge < -0.3 is 11.1 Å². The smallest absolute Gasteiger partial charge is 0.236 e. The van der Waals surface area contributed by atoms with E-state index in [9.17, 15) is 4.79 Å². The molecule has 4 heteroatoms. The Morgan fingerprint density at radius 3 is 2.33 bits per heavy atom. The van der Waals surface area contributed by atoms with E-state index in [1.807, 2.05) is 6.92 Å². The number of nitrogens with two attached hydrogens (primary N) is 1. The Hall–Kier alpha value is -0.0900. The number of carbonyl (C=O) groups is 1. The molecule has 0 fully saturated rings. The molecular weight excluding hydrogens is 184 g/mol. The standard InChI is InChI=1S/C5H12N2O.BrH/c1-3-7-5(8)4(2)6;/h4H,3,6H2,1-2H3,(H,7,8);1H/t4-;/m0./s1. The van der Waals surface area contributed by atoms with Crippen molar-refractivity contribution in [2.75, 3.05) is 6.54 Å². The molecule has 0 radical (unpaired) electrons. The average molecular weight is 197 g/mol. The zero-order chi connectivity index (χ0) is 6.57. The van der Waals surface area contributed by atoms with Crippen LogP contribution in [0.1, 0.15) is 13.8 Å². The molecule has 1 amide bonds. The number of likely N-dealkylation sites (N-methyl/N-ethyl adjacent to an activating group) is 1. The second-order valence-corrected chi connectivity index (χ2v) is 1.68. The van der Waals surface area contributed by atoms with Gasteiger partial charge in [0.2, 0.25) is 5.91 Å². The highest BCUT2D eigenvalue weighted by Gasteiger charge is 2.02. The van der Waals surface area contributed by atoms with Crippen molar-refractivity contribution in [3.8, 4) is 0 Å². The van der Waals surface area contributed by atoms with Crippen LogP contribution in [0.15, 0.2) is 0 Å². The minimum absolute atomic E-state index is 0. The molecule has 0 rings (SSSR count). The molecule has 3 nitrogen and oxygen atoms in total. The van der Waals surface area contributed by atoms with Crippen molar-refractivity contribution in [3.05, 3.63) is 0 Å². The maximum absolute atomic E-state index is 10.5. The van der Waals surface area contributed by atoms with Crippen LogP contribution in [0.25, 0.3) is 0 Å². The predicted octanol–water partition coefficient (Wildman–Crippen LogP) is 0.0476. The van der Waals surface area contributed by atoms with E-state index < -0.39 is 0 Å². The van der Waals surface area contributed by atoms with E-state index in [0.29, 0.717) is 6.54 Å². The normalized spacial score (nSPS) is 11.4. The Labute approximate surface area is 65.8 Å². The number of halogens is 1. The summed E-state index contributed by atoms with van der Waals surface area (Å²) in [7, 11) is 0. The van der Waals surface area contributed by atoms with Crippen molar-refractivity contribution in [3.63, 3.8) is 0 Å². The number of amides is 1. The topological polar surface area (TPSA) is 55.1 Å². The lowest BCUT2D eigenvalue weighted by Gasteiger charge is -2.02. The third kappa shape index (κ3) is 5.79. The van der Waals surface area contributed by atoms with Crippen molar-refractivity contribution >= 4 is 22.9 Å². The number of hydrogen-bond acceptors (Lipinski definition) is 2. The first-order valence-electron chi connectivity index (χ1n) is 2.71. The molecule has 0 saturated heterocycles. The van der Waals surface area contributed by atoms with Gasteiger partial charge in [-0.05, 0) is 13.8 Å². The first kappa shape index (κ1) is 11.7. The van der Waals surface area contributed by atoms with Gasteiger partial charge in [0.05, 0.1) is 6.04 Å². The lowest BCUT2D eigenvalue weighted by molar-refractivity contribution is -0.121. The van der Waals surface area contributed by atoms with Crippen LogP contribution in [0, 0.1) is 0 Å². The predicted molar refractivity (Wildman–Crippen MR) is 42.7 cm³/mol. The SMILES string of the molecule is Br.CCNC(=O)[C@H](C)N. The molecule has 0 bridgehead atoms. The summed E-state index contributed by atoms with van der Waals surface area (Å²) in [6.07, 6.45) is 0. The van der Waals surface area contributed by atoms with Crippen LogP contribution in [0.2, 0.25) is 0 Å². The summed E-state index contributed by atoms with van der Waals surface area (Å²) in [6, 6.07) is -0.380. The molecule has 0 aromatic rings. The van der Waals surface area contributed by atoms with Crippen molar-refractivity contribution in [2.45, 2.75) is 19.9 Å². The molecule has 0 aromatic carbocycles. The van der Waals surface area contributed by atoms with Crippen LogP contribution < -0.4 is 11.1 Å². The molecule has 0 unspecified atom stereocenters. The van der Waals surface area contributed by atoms with E-state index in [0.717, 1.165) is 0 Å². The van der Waals surface area contributed by atoms with Crippen molar-refractivity contribution in [2.24, 2.45) is 5.73 Å². The third-order valence-electron chi connectivity index (χ3n) is 0.765. The van der Waals surface area contributed by atoms with Crippen LogP contribution in [-0.2, 0) is 4.79 Å². The fourth-order valence-electron chi connectivity index (χ4n) is 0.335. The summed E-state index contributed by atoms with van der Waals surface area (Å²) in [5.74, 6) is -0.0903. The van der Waals surface area contributed by atoms with Gasteiger partial charge >= 0.3 is 0 Å². The minimum atomic E-state index is -0.380. The lowest BCUT2D eigenvalue weighted by atomic mass is 10.3. The van der Waals surface area contributed by atoms with Gasteiger partial charge in [0.25, 0.3) is 0 Å². The van der Waals surface area contributed by atoms with Gasteiger partial charge in [-0.2, -0.15) is 0 Å². The van der Waals surface area contributed by atoms with Gasteiger partial charge in [-0.25, -0.2) is 0 Å². The molecule has 0 heterocycles. The van der Waals surface area contributed by atoms with Gasteiger partial charge in [0.1, 0.15) is 0 Å². The number of carbonyl (C=O) groups excluding carboxylic acids is 1. The molecule has 0 aliphatic carbocycles. The molecule has 56 valence electrons. The Bertz CT molecular complexity index is 85.0. The first-order chi connectivity index (χ1) is 3.68. The van der Waals surface area contributed by atoms with Gasteiger partial charge in [-0.1, -0.05) is 0 Å². The van der Waals surface area contributed by atoms with Gasteiger partial charge in [0.15, 0.2) is 0 Å². The highest BCUT2D eigenvalue weighted by atomic mass is 79.9. The van der Waals surface area contributed by atoms with Gasteiger partial charge in [-0.3, -0.25) is 4.79 Å². The molecule has 1 atom stereocenters. The minimum Gasteiger partial charge on any atom is -0.355 e. The summed E-state index contributed by atoms with van der Waals surface area (Å²) < 4.78 is 0. The monoisotopic (exact) mass is 196 g/mol. The van der Waals surface area contributed by atoms with E-state index in [2.05, 4.69) is 5.32 Å². The molecule has 0 spiro atoms. The van der Waals surface area contributed by atoms with Crippen molar-refractivity contribution in [1.29, 1.82) is 0 Å². The molecule has 0 saturated carbocycles. The van der Waals surface area contributed by atoms with Gasteiger partial charge in [0, 0.05) is 6.54 Å². The highest BCUT2D eigenvalue weighted by molar-refractivity contribution is 8.93. The maximum Gasteiger partial charge on any atom is 0.236 e. The van der Waals surface area contributed by atoms with Crippen LogP contribution in [0.5, 0.6) is 0 Å². The molecule has 0 aromatic heterocycles.